The minimum atomic E-state index is -0.402. The molecule has 2 amide bonds. The van der Waals surface area contributed by atoms with E-state index in [9.17, 15) is 9.59 Å². The minimum absolute atomic E-state index is 0.107. The second-order valence-corrected chi connectivity index (χ2v) is 6.95. The van der Waals surface area contributed by atoms with Gasteiger partial charge in [0.2, 0.25) is 5.91 Å². The third kappa shape index (κ3) is 5.84. The number of methoxy groups -OCH3 is 3. The fourth-order valence-corrected chi connectivity index (χ4v) is 2.67. The summed E-state index contributed by atoms with van der Waals surface area (Å²) in [6, 6.07) is 9.89. The van der Waals surface area contributed by atoms with Gasteiger partial charge in [0, 0.05) is 23.2 Å². The van der Waals surface area contributed by atoms with E-state index in [0.717, 1.165) is 0 Å². The molecule has 0 atom stereocenters. The predicted molar refractivity (Wildman–Crippen MR) is 120 cm³/mol. The molecule has 0 aromatic heterocycles. The fourth-order valence-electron chi connectivity index (χ4n) is 2.46. The number of ether oxygens (including phenoxy) is 3. The number of carbonyl (C=O) groups excluding carboxylic acids is 2. The lowest BCUT2D eigenvalue weighted by molar-refractivity contribution is -0.118. The van der Waals surface area contributed by atoms with Crippen molar-refractivity contribution >= 4 is 40.5 Å². The molecule has 8 nitrogen and oxygen atoms in total. The van der Waals surface area contributed by atoms with E-state index < -0.39 is 5.91 Å². The van der Waals surface area contributed by atoms with Crippen molar-refractivity contribution < 1.29 is 23.8 Å². The number of carbonyl (C=O) groups is 2. The van der Waals surface area contributed by atoms with Crippen molar-refractivity contribution in [1.29, 1.82) is 0 Å². The Bertz CT molecular complexity index is 946. The zero-order valence-corrected chi connectivity index (χ0v) is 18.3. The monoisotopic (exact) mass is 431 g/mol. The first-order valence-electron chi connectivity index (χ1n) is 9.12. The summed E-state index contributed by atoms with van der Waals surface area (Å²) in [4.78, 5) is 24.4. The highest BCUT2D eigenvalue weighted by Crippen LogP contribution is 2.29. The number of rotatable bonds is 7. The van der Waals surface area contributed by atoms with Crippen molar-refractivity contribution in [2.45, 2.75) is 13.8 Å². The summed E-state index contributed by atoms with van der Waals surface area (Å²) in [5.41, 5.74) is 1.50. The van der Waals surface area contributed by atoms with Crippen LogP contribution in [0.1, 0.15) is 24.2 Å². The molecular formula is C21H25N3O5S. The minimum Gasteiger partial charge on any atom is -0.494 e. The van der Waals surface area contributed by atoms with Gasteiger partial charge in [-0.05, 0) is 42.5 Å². The summed E-state index contributed by atoms with van der Waals surface area (Å²) in [6.07, 6.45) is 0. The molecule has 30 heavy (non-hydrogen) atoms. The third-order valence-electron chi connectivity index (χ3n) is 4.11. The molecule has 0 radical (unpaired) electrons. The zero-order chi connectivity index (χ0) is 22.3. The fraction of sp³-hybridized carbons (Fsp3) is 0.286. The van der Waals surface area contributed by atoms with E-state index in [-0.39, 0.29) is 16.9 Å². The second-order valence-electron chi connectivity index (χ2n) is 6.54. The van der Waals surface area contributed by atoms with E-state index in [2.05, 4.69) is 16.0 Å². The SMILES string of the molecule is COc1cc(NC(=S)NC(=O)c2ccc(OC)c(OC)c2)ccc1NC(=O)C(C)C. The number of hydrogen-bond donors (Lipinski definition) is 3. The molecule has 2 rings (SSSR count). The van der Waals surface area contributed by atoms with Gasteiger partial charge in [-0.15, -0.1) is 0 Å². The quantitative estimate of drug-likeness (QED) is 0.578. The Hall–Kier alpha value is -3.33. The van der Waals surface area contributed by atoms with Crippen LogP contribution in [0.5, 0.6) is 17.2 Å². The first kappa shape index (κ1) is 23.0. The van der Waals surface area contributed by atoms with Crippen LogP contribution in [-0.2, 0) is 4.79 Å². The molecule has 0 aliphatic rings. The van der Waals surface area contributed by atoms with Gasteiger partial charge in [0.1, 0.15) is 5.75 Å². The van der Waals surface area contributed by atoms with Gasteiger partial charge in [-0.1, -0.05) is 13.8 Å². The molecule has 0 spiro atoms. The van der Waals surface area contributed by atoms with Gasteiger partial charge in [0.25, 0.3) is 5.91 Å². The van der Waals surface area contributed by atoms with Gasteiger partial charge in [-0.25, -0.2) is 0 Å². The van der Waals surface area contributed by atoms with E-state index in [1.165, 1.54) is 21.3 Å². The van der Waals surface area contributed by atoms with Gasteiger partial charge in [0.05, 0.1) is 27.0 Å². The van der Waals surface area contributed by atoms with E-state index in [0.29, 0.717) is 34.2 Å². The van der Waals surface area contributed by atoms with Gasteiger partial charge in [0.15, 0.2) is 16.6 Å². The van der Waals surface area contributed by atoms with Crippen LogP contribution < -0.4 is 30.2 Å². The van der Waals surface area contributed by atoms with Gasteiger partial charge >= 0.3 is 0 Å². The van der Waals surface area contributed by atoms with Crippen LogP contribution in [0.3, 0.4) is 0 Å². The lowest BCUT2D eigenvalue weighted by Crippen LogP contribution is -2.34. The summed E-state index contributed by atoms with van der Waals surface area (Å²) in [6.45, 7) is 3.61. The van der Waals surface area contributed by atoms with Crippen molar-refractivity contribution in [3.05, 3.63) is 42.0 Å². The third-order valence-corrected chi connectivity index (χ3v) is 4.32. The molecule has 2 aromatic carbocycles. The van der Waals surface area contributed by atoms with Crippen molar-refractivity contribution in [3.8, 4) is 17.2 Å². The number of benzene rings is 2. The molecule has 3 N–H and O–H groups in total. The Morgan fingerprint density at radius 1 is 0.867 bits per heavy atom. The molecular weight excluding hydrogens is 406 g/mol. The van der Waals surface area contributed by atoms with Crippen molar-refractivity contribution in [1.82, 2.24) is 5.32 Å². The molecule has 9 heteroatoms. The first-order chi connectivity index (χ1) is 14.3. The number of thiocarbonyl (C=S) groups is 1. The van der Waals surface area contributed by atoms with Gasteiger partial charge < -0.3 is 24.8 Å². The Morgan fingerprint density at radius 2 is 1.53 bits per heavy atom. The number of hydrogen-bond acceptors (Lipinski definition) is 6. The molecule has 0 aliphatic heterocycles. The molecule has 0 fully saturated rings. The Kier molecular flexibility index (Phi) is 7.99. The summed E-state index contributed by atoms with van der Waals surface area (Å²) >= 11 is 5.23. The van der Waals surface area contributed by atoms with Crippen LogP contribution >= 0.6 is 12.2 Å². The summed E-state index contributed by atoms with van der Waals surface area (Å²) in [5.74, 6) is 0.738. The topological polar surface area (TPSA) is 97.9 Å². The predicted octanol–water partition coefficient (Wildman–Crippen LogP) is 3.43. The average Bonchev–Trinajstić information content (AvgIpc) is 2.73. The molecule has 0 saturated carbocycles. The molecule has 0 bridgehead atoms. The Labute approximate surface area is 180 Å². The lowest BCUT2D eigenvalue weighted by atomic mass is 10.2. The van der Waals surface area contributed by atoms with Crippen LogP contribution in [0.15, 0.2) is 36.4 Å². The smallest absolute Gasteiger partial charge is 0.257 e. The molecule has 0 unspecified atom stereocenters. The number of anilines is 2. The van der Waals surface area contributed by atoms with Crippen LogP contribution in [-0.4, -0.2) is 38.3 Å². The standard InChI is InChI=1S/C21H25N3O5S/c1-12(2)19(25)23-15-8-7-14(11-17(15)28-4)22-21(30)24-20(26)13-6-9-16(27-3)18(10-13)29-5/h6-12H,1-5H3,(H,23,25)(H2,22,24,26,30). The van der Waals surface area contributed by atoms with E-state index >= 15 is 0 Å². The van der Waals surface area contributed by atoms with E-state index in [1.54, 1.807) is 50.2 Å². The van der Waals surface area contributed by atoms with Gasteiger partial charge in [-0.2, -0.15) is 0 Å². The summed E-state index contributed by atoms with van der Waals surface area (Å²) in [7, 11) is 4.51. The molecule has 160 valence electrons. The number of amides is 2. The highest BCUT2D eigenvalue weighted by Gasteiger charge is 2.14. The number of nitrogens with one attached hydrogen (secondary N) is 3. The molecule has 0 heterocycles. The highest BCUT2D eigenvalue weighted by molar-refractivity contribution is 7.80. The van der Waals surface area contributed by atoms with Crippen LogP contribution in [0.4, 0.5) is 11.4 Å². The maximum Gasteiger partial charge on any atom is 0.257 e. The zero-order valence-electron chi connectivity index (χ0n) is 17.5. The van der Waals surface area contributed by atoms with Crippen molar-refractivity contribution in [2.24, 2.45) is 5.92 Å². The maximum absolute atomic E-state index is 12.5. The molecule has 0 saturated heterocycles. The first-order valence-corrected chi connectivity index (χ1v) is 9.53. The molecule has 0 aliphatic carbocycles. The maximum atomic E-state index is 12.5. The largest absolute Gasteiger partial charge is 0.494 e. The second kappa shape index (κ2) is 10.4. The Morgan fingerprint density at radius 3 is 2.13 bits per heavy atom. The van der Waals surface area contributed by atoms with E-state index in [1.807, 2.05) is 0 Å². The average molecular weight is 432 g/mol. The van der Waals surface area contributed by atoms with Crippen LogP contribution in [0, 0.1) is 5.92 Å². The van der Waals surface area contributed by atoms with Crippen LogP contribution in [0.2, 0.25) is 0 Å². The van der Waals surface area contributed by atoms with Crippen molar-refractivity contribution in [3.63, 3.8) is 0 Å². The van der Waals surface area contributed by atoms with E-state index in [4.69, 9.17) is 26.4 Å². The van der Waals surface area contributed by atoms with Crippen LogP contribution in [0.25, 0.3) is 0 Å². The molecule has 2 aromatic rings. The highest BCUT2D eigenvalue weighted by atomic mass is 32.1. The van der Waals surface area contributed by atoms with Gasteiger partial charge in [-0.3, -0.25) is 14.9 Å². The lowest BCUT2D eigenvalue weighted by Gasteiger charge is -2.15. The Balaban J connectivity index is 2.07. The normalized spacial score (nSPS) is 10.2. The summed E-state index contributed by atoms with van der Waals surface area (Å²) in [5, 5.41) is 8.44. The van der Waals surface area contributed by atoms with Crippen molar-refractivity contribution in [2.75, 3.05) is 32.0 Å². The summed E-state index contributed by atoms with van der Waals surface area (Å²) < 4.78 is 15.7.